The maximum absolute atomic E-state index is 13.0. The van der Waals surface area contributed by atoms with Crippen LogP contribution in [0.2, 0.25) is 0 Å². The summed E-state index contributed by atoms with van der Waals surface area (Å²) in [4.78, 5) is 51.9. The number of carbonyl (C=O) groups excluding carboxylic acids is 2. The van der Waals surface area contributed by atoms with Crippen LogP contribution in [0, 0.1) is 12.8 Å². The fraction of sp³-hybridized carbons (Fsp3) is 0.565. The zero-order valence-electron chi connectivity index (χ0n) is 18.4. The maximum Gasteiger partial charge on any atom is 0.264 e. The van der Waals surface area contributed by atoms with E-state index in [0.29, 0.717) is 35.8 Å². The molecule has 4 rings (SSSR count). The van der Waals surface area contributed by atoms with E-state index < -0.39 is 0 Å². The van der Waals surface area contributed by atoms with Crippen molar-refractivity contribution in [3.63, 3.8) is 0 Å². The van der Waals surface area contributed by atoms with E-state index in [2.05, 4.69) is 4.98 Å². The maximum atomic E-state index is 13.0. The number of thiophene rings is 1. The van der Waals surface area contributed by atoms with Gasteiger partial charge in [-0.3, -0.25) is 14.4 Å². The molecule has 7 nitrogen and oxygen atoms in total. The number of aromatic nitrogens is 2. The molecule has 2 aromatic rings. The molecule has 0 saturated carbocycles. The van der Waals surface area contributed by atoms with E-state index in [9.17, 15) is 14.4 Å². The number of aryl methyl sites for hydroxylation is 1. The van der Waals surface area contributed by atoms with Gasteiger partial charge in [0.15, 0.2) is 0 Å². The van der Waals surface area contributed by atoms with Gasteiger partial charge in [-0.05, 0) is 44.7 Å². The molecular formula is C23H30N4O3S. The molecule has 166 valence electrons. The second kappa shape index (κ2) is 8.94. The third-order valence-electron chi connectivity index (χ3n) is 6.51. The number of aromatic amines is 1. The first kappa shape index (κ1) is 21.7. The van der Waals surface area contributed by atoms with E-state index >= 15 is 0 Å². The highest BCUT2D eigenvalue weighted by atomic mass is 32.1. The first-order valence-electron chi connectivity index (χ1n) is 11.2. The number of nitrogens with zero attached hydrogens (tertiary/aromatic N) is 3. The summed E-state index contributed by atoms with van der Waals surface area (Å²) in [5.41, 5.74) is 1.13. The van der Waals surface area contributed by atoms with Crippen molar-refractivity contribution in [2.24, 2.45) is 5.92 Å². The molecule has 2 aliphatic rings. The van der Waals surface area contributed by atoms with E-state index in [-0.39, 0.29) is 35.9 Å². The van der Waals surface area contributed by atoms with Crippen molar-refractivity contribution in [3.05, 3.63) is 49.3 Å². The Morgan fingerprint density at radius 3 is 2.71 bits per heavy atom. The first-order chi connectivity index (χ1) is 14.9. The minimum absolute atomic E-state index is 0.0189. The molecule has 8 heteroatoms. The summed E-state index contributed by atoms with van der Waals surface area (Å²) in [7, 11) is 0. The molecule has 4 heterocycles. The van der Waals surface area contributed by atoms with Gasteiger partial charge in [0.1, 0.15) is 5.82 Å². The fourth-order valence-electron chi connectivity index (χ4n) is 4.67. The highest BCUT2D eigenvalue weighted by Crippen LogP contribution is 2.32. The Morgan fingerprint density at radius 1 is 1.26 bits per heavy atom. The molecule has 0 aromatic carbocycles. The van der Waals surface area contributed by atoms with E-state index in [4.69, 9.17) is 4.98 Å². The van der Waals surface area contributed by atoms with Gasteiger partial charge in [-0.1, -0.05) is 13.8 Å². The number of fused-ring (bicyclic) bond motifs is 1. The van der Waals surface area contributed by atoms with Crippen LogP contribution in [-0.2, 0) is 17.8 Å². The van der Waals surface area contributed by atoms with Gasteiger partial charge in [-0.15, -0.1) is 11.3 Å². The molecule has 1 fully saturated rings. The van der Waals surface area contributed by atoms with Crippen LogP contribution in [0.4, 0.5) is 0 Å². The molecule has 0 radical (unpaired) electrons. The quantitative estimate of drug-likeness (QED) is 0.769. The summed E-state index contributed by atoms with van der Waals surface area (Å²) < 4.78 is 0. The molecule has 2 aliphatic heterocycles. The fourth-order valence-corrected chi connectivity index (χ4v) is 5.50. The lowest BCUT2D eigenvalue weighted by molar-refractivity contribution is -0.136. The Morgan fingerprint density at radius 2 is 2.03 bits per heavy atom. The molecule has 0 bridgehead atoms. The summed E-state index contributed by atoms with van der Waals surface area (Å²) in [5, 5.41) is 0. The largest absolute Gasteiger partial charge is 0.333 e. The van der Waals surface area contributed by atoms with Crippen LogP contribution < -0.4 is 5.56 Å². The van der Waals surface area contributed by atoms with Crippen LogP contribution in [0.25, 0.3) is 0 Å². The molecule has 2 amide bonds. The number of likely N-dealkylation sites (tertiary alicyclic amines) is 1. The number of rotatable bonds is 5. The van der Waals surface area contributed by atoms with Gasteiger partial charge in [0, 0.05) is 30.3 Å². The summed E-state index contributed by atoms with van der Waals surface area (Å²) >= 11 is 1.47. The lowest BCUT2D eigenvalue weighted by Gasteiger charge is -2.30. The normalized spacial score (nSPS) is 18.5. The van der Waals surface area contributed by atoms with Crippen LogP contribution >= 0.6 is 11.3 Å². The van der Waals surface area contributed by atoms with E-state index in [1.54, 1.807) is 4.90 Å². The van der Waals surface area contributed by atoms with Crippen molar-refractivity contribution < 1.29 is 9.59 Å². The molecule has 0 unspecified atom stereocenters. The Hall–Kier alpha value is -2.48. The van der Waals surface area contributed by atoms with Crippen LogP contribution in [0.15, 0.2) is 16.9 Å². The highest BCUT2D eigenvalue weighted by Gasteiger charge is 2.35. The van der Waals surface area contributed by atoms with Gasteiger partial charge < -0.3 is 14.8 Å². The van der Waals surface area contributed by atoms with Crippen LogP contribution in [0.3, 0.4) is 0 Å². The third kappa shape index (κ3) is 4.18. The predicted molar refractivity (Wildman–Crippen MR) is 120 cm³/mol. The lowest BCUT2D eigenvalue weighted by atomic mass is 10.0. The van der Waals surface area contributed by atoms with E-state index in [1.807, 2.05) is 37.8 Å². The first-order valence-corrected chi connectivity index (χ1v) is 12.0. The van der Waals surface area contributed by atoms with Gasteiger partial charge in [-0.25, -0.2) is 4.98 Å². The monoisotopic (exact) mass is 442 g/mol. The third-order valence-corrected chi connectivity index (χ3v) is 7.50. The number of amides is 2. The summed E-state index contributed by atoms with van der Waals surface area (Å²) in [6.07, 6.45) is 3.92. The zero-order chi connectivity index (χ0) is 22.1. The molecule has 1 saturated heterocycles. The van der Waals surface area contributed by atoms with Gasteiger partial charge in [-0.2, -0.15) is 0 Å². The number of hydrogen-bond donors (Lipinski definition) is 1. The number of nitrogens with one attached hydrogen (secondary N) is 1. The van der Waals surface area contributed by atoms with Crippen molar-refractivity contribution in [2.75, 3.05) is 13.1 Å². The standard InChI is InChI=1S/C23H30N4O3S/c1-4-15(5-2)22(29)27-11-6-7-18(27)20-24-17-10-12-26(13-16(17)21(28)25-20)23(30)19-9-8-14(3)31-19/h8-9,15,18H,4-7,10-13H2,1-3H3,(H,24,25,28)/t18-/m1/s1. The molecule has 2 aromatic heterocycles. The van der Waals surface area contributed by atoms with Gasteiger partial charge in [0.2, 0.25) is 5.91 Å². The lowest BCUT2D eigenvalue weighted by Crippen LogP contribution is -2.41. The predicted octanol–water partition coefficient (Wildman–Crippen LogP) is 3.44. The Labute approximate surface area is 186 Å². The zero-order valence-corrected chi connectivity index (χ0v) is 19.3. The van der Waals surface area contributed by atoms with E-state index in [0.717, 1.165) is 36.3 Å². The molecular weight excluding hydrogens is 412 g/mol. The molecule has 1 atom stereocenters. The average molecular weight is 443 g/mol. The number of carbonyl (C=O) groups is 2. The van der Waals surface area contributed by atoms with E-state index in [1.165, 1.54) is 11.3 Å². The van der Waals surface area contributed by atoms with Crippen molar-refractivity contribution in [2.45, 2.75) is 65.5 Å². The number of H-pyrrole nitrogens is 1. The van der Waals surface area contributed by atoms with Gasteiger partial charge in [0.05, 0.1) is 28.7 Å². The minimum atomic E-state index is -0.193. The Balaban J connectivity index is 1.56. The molecule has 0 spiro atoms. The van der Waals surface area contributed by atoms with Crippen molar-refractivity contribution in [1.82, 2.24) is 19.8 Å². The van der Waals surface area contributed by atoms with Crippen molar-refractivity contribution in [1.29, 1.82) is 0 Å². The summed E-state index contributed by atoms with van der Waals surface area (Å²) in [5.74, 6) is 0.737. The second-order valence-corrected chi connectivity index (χ2v) is 9.75. The van der Waals surface area contributed by atoms with Crippen LogP contribution in [-0.4, -0.2) is 44.7 Å². The Bertz CT molecular complexity index is 1040. The van der Waals surface area contributed by atoms with Crippen molar-refractivity contribution in [3.8, 4) is 0 Å². The summed E-state index contributed by atoms with van der Waals surface area (Å²) in [6, 6.07) is 3.61. The molecule has 31 heavy (non-hydrogen) atoms. The van der Waals surface area contributed by atoms with Gasteiger partial charge >= 0.3 is 0 Å². The number of hydrogen-bond acceptors (Lipinski definition) is 5. The highest BCUT2D eigenvalue weighted by molar-refractivity contribution is 7.13. The topological polar surface area (TPSA) is 86.4 Å². The summed E-state index contributed by atoms with van der Waals surface area (Å²) in [6.45, 7) is 7.59. The van der Waals surface area contributed by atoms with Crippen LogP contribution in [0.1, 0.15) is 77.2 Å². The van der Waals surface area contributed by atoms with Crippen LogP contribution in [0.5, 0.6) is 0 Å². The average Bonchev–Trinajstić information content (AvgIpc) is 3.43. The smallest absolute Gasteiger partial charge is 0.264 e. The Kier molecular flexibility index (Phi) is 6.27. The minimum Gasteiger partial charge on any atom is -0.333 e. The molecule has 1 N–H and O–H groups in total. The SMILES string of the molecule is CCC(CC)C(=O)N1CCC[C@@H]1c1nc2c(c(=O)[nH]1)CN(C(=O)c1ccc(C)s1)CC2. The second-order valence-electron chi connectivity index (χ2n) is 8.47. The van der Waals surface area contributed by atoms with Crippen molar-refractivity contribution >= 4 is 23.2 Å². The molecule has 0 aliphatic carbocycles. The van der Waals surface area contributed by atoms with Gasteiger partial charge in [0.25, 0.3) is 11.5 Å².